The minimum atomic E-state index is 0.712. The van der Waals surface area contributed by atoms with Gasteiger partial charge in [-0.1, -0.05) is 0 Å². The predicted octanol–water partition coefficient (Wildman–Crippen LogP) is 2.56. The molecule has 18 heavy (non-hydrogen) atoms. The first kappa shape index (κ1) is 13.6. The third-order valence-corrected chi connectivity index (χ3v) is 4.40. The second-order valence-electron chi connectivity index (χ2n) is 4.36. The van der Waals surface area contributed by atoms with Gasteiger partial charge in [0.2, 0.25) is 0 Å². The van der Waals surface area contributed by atoms with Crippen LogP contribution in [0.15, 0.2) is 24.3 Å². The lowest BCUT2D eigenvalue weighted by atomic mass is 10.2. The minimum absolute atomic E-state index is 0.712. The number of hydrogen-bond acceptors (Lipinski definition) is 4. The molecule has 2 rings (SSSR count). The molecule has 0 saturated carbocycles. The van der Waals surface area contributed by atoms with E-state index in [0.717, 1.165) is 29.8 Å². The van der Waals surface area contributed by atoms with Crippen LogP contribution in [0, 0.1) is 0 Å². The molecule has 0 spiro atoms. The smallest absolute Gasteiger partial charge is 0.119 e. The van der Waals surface area contributed by atoms with Crippen molar-refractivity contribution in [3.8, 4) is 11.5 Å². The number of benzene rings is 1. The Morgan fingerprint density at radius 2 is 2.06 bits per heavy atom. The fourth-order valence-electron chi connectivity index (χ4n) is 1.98. The van der Waals surface area contributed by atoms with Gasteiger partial charge in [-0.3, -0.25) is 0 Å². The summed E-state index contributed by atoms with van der Waals surface area (Å²) in [5.74, 6) is 3.08. The Hall–Kier alpha value is -0.870. The molecule has 1 aromatic carbocycles. The molecule has 100 valence electrons. The van der Waals surface area contributed by atoms with Crippen molar-refractivity contribution in [2.75, 3.05) is 32.6 Å². The molecule has 1 aliphatic heterocycles. The van der Waals surface area contributed by atoms with E-state index in [1.165, 1.54) is 18.6 Å². The van der Waals surface area contributed by atoms with E-state index in [0.29, 0.717) is 6.61 Å². The molecule has 1 aromatic rings. The van der Waals surface area contributed by atoms with E-state index in [-0.39, 0.29) is 0 Å². The number of ether oxygens (including phenoxy) is 2. The van der Waals surface area contributed by atoms with Crippen molar-refractivity contribution in [1.82, 2.24) is 5.32 Å². The lowest BCUT2D eigenvalue weighted by Crippen LogP contribution is -2.27. The topological polar surface area (TPSA) is 30.5 Å². The molecule has 1 aliphatic rings. The Labute approximate surface area is 113 Å². The fourth-order valence-corrected chi connectivity index (χ4v) is 3.22. The monoisotopic (exact) mass is 267 g/mol. The molecule has 1 unspecified atom stereocenters. The van der Waals surface area contributed by atoms with E-state index in [1.807, 2.05) is 24.3 Å². The molecule has 0 amide bonds. The van der Waals surface area contributed by atoms with Gasteiger partial charge in [0.25, 0.3) is 0 Å². The second-order valence-corrected chi connectivity index (χ2v) is 5.77. The Morgan fingerprint density at radius 1 is 1.28 bits per heavy atom. The summed E-state index contributed by atoms with van der Waals surface area (Å²) < 4.78 is 10.7. The Kier molecular flexibility index (Phi) is 5.68. The van der Waals surface area contributed by atoms with Crippen LogP contribution >= 0.6 is 11.8 Å². The van der Waals surface area contributed by atoms with Crippen LogP contribution in [0.2, 0.25) is 0 Å². The number of nitrogens with one attached hydrogen (secondary N) is 1. The third kappa shape index (κ3) is 4.42. The lowest BCUT2D eigenvalue weighted by Gasteiger charge is -2.11. The summed E-state index contributed by atoms with van der Waals surface area (Å²) in [5.41, 5.74) is 0. The Bertz CT molecular complexity index is 336. The zero-order chi connectivity index (χ0) is 12.6. The Balaban J connectivity index is 1.56. The van der Waals surface area contributed by atoms with Crippen LogP contribution in [0.4, 0.5) is 0 Å². The maximum atomic E-state index is 5.65. The van der Waals surface area contributed by atoms with Gasteiger partial charge in [0, 0.05) is 18.3 Å². The summed E-state index contributed by atoms with van der Waals surface area (Å²) in [6.45, 7) is 2.73. The number of thioether (sulfide) groups is 1. The van der Waals surface area contributed by atoms with Crippen LogP contribution in [0.1, 0.15) is 12.8 Å². The van der Waals surface area contributed by atoms with Gasteiger partial charge in [0.1, 0.15) is 18.1 Å². The van der Waals surface area contributed by atoms with E-state index < -0.39 is 0 Å². The molecule has 0 aromatic heterocycles. The zero-order valence-corrected chi connectivity index (χ0v) is 11.7. The number of hydrogen-bond donors (Lipinski definition) is 1. The molecule has 3 nitrogen and oxygen atoms in total. The standard InChI is InChI=1S/C14H21NO2S/c1-16-12-4-6-13(7-5-12)17-9-8-15-11-14-3-2-10-18-14/h4-7,14-15H,2-3,8-11H2,1H3. The van der Waals surface area contributed by atoms with Gasteiger partial charge in [-0.05, 0) is 42.9 Å². The van der Waals surface area contributed by atoms with Gasteiger partial charge in [-0.25, -0.2) is 0 Å². The molecule has 1 saturated heterocycles. The molecule has 1 atom stereocenters. The zero-order valence-electron chi connectivity index (χ0n) is 10.9. The second kappa shape index (κ2) is 7.54. The third-order valence-electron chi connectivity index (χ3n) is 3.00. The number of rotatable bonds is 7. The van der Waals surface area contributed by atoms with Crippen LogP contribution in [0.3, 0.4) is 0 Å². The quantitative estimate of drug-likeness (QED) is 0.769. The van der Waals surface area contributed by atoms with Gasteiger partial charge < -0.3 is 14.8 Å². The first-order valence-corrected chi connectivity index (χ1v) is 7.52. The van der Waals surface area contributed by atoms with Crippen molar-refractivity contribution in [3.63, 3.8) is 0 Å². The highest BCUT2D eigenvalue weighted by molar-refractivity contribution is 8.00. The van der Waals surface area contributed by atoms with E-state index in [2.05, 4.69) is 17.1 Å². The molecular formula is C14H21NO2S. The van der Waals surface area contributed by atoms with Crippen LogP contribution in [-0.4, -0.2) is 37.8 Å². The minimum Gasteiger partial charge on any atom is -0.497 e. The van der Waals surface area contributed by atoms with Crippen LogP contribution < -0.4 is 14.8 Å². The average Bonchev–Trinajstić information content (AvgIpc) is 2.92. The summed E-state index contributed by atoms with van der Waals surface area (Å²) in [5, 5.41) is 4.26. The summed E-state index contributed by atoms with van der Waals surface area (Å²) in [6, 6.07) is 7.70. The van der Waals surface area contributed by atoms with Gasteiger partial charge in [0.05, 0.1) is 7.11 Å². The van der Waals surface area contributed by atoms with Crippen molar-refractivity contribution in [1.29, 1.82) is 0 Å². The van der Waals surface area contributed by atoms with Gasteiger partial charge >= 0.3 is 0 Å². The summed E-state index contributed by atoms with van der Waals surface area (Å²) in [4.78, 5) is 0. The van der Waals surface area contributed by atoms with Crippen molar-refractivity contribution >= 4 is 11.8 Å². The van der Waals surface area contributed by atoms with Crippen LogP contribution in [0.25, 0.3) is 0 Å². The molecular weight excluding hydrogens is 246 g/mol. The van der Waals surface area contributed by atoms with Gasteiger partial charge in [-0.15, -0.1) is 0 Å². The first-order chi connectivity index (χ1) is 8.88. The van der Waals surface area contributed by atoms with Crippen molar-refractivity contribution in [3.05, 3.63) is 24.3 Å². The highest BCUT2D eigenvalue weighted by Crippen LogP contribution is 2.25. The SMILES string of the molecule is COc1ccc(OCCNCC2CCCS2)cc1. The maximum Gasteiger partial charge on any atom is 0.119 e. The van der Waals surface area contributed by atoms with Gasteiger partial charge in [-0.2, -0.15) is 11.8 Å². The van der Waals surface area contributed by atoms with Crippen molar-refractivity contribution < 1.29 is 9.47 Å². The van der Waals surface area contributed by atoms with Crippen LogP contribution in [-0.2, 0) is 0 Å². The molecule has 1 fully saturated rings. The van der Waals surface area contributed by atoms with Crippen molar-refractivity contribution in [2.45, 2.75) is 18.1 Å². The summed E-state index contributed by atoms with van der Waals surface area (Å²) in [7, 11) is 1.67. The first-order valence-electron chi connectivity index (χ1n) is 6.47. The average molecular weight is 267 g/mol. The van der Waals surface area contributed by atoms with Crippen molar-refractivity contribution in [2.24, 2.45) is 0 Å². The molecule has 1 N–H and O–H groups in total. The summed E-state index contributed by atoms with van der Waals surface area (Å²) in [6.07, 6.45) is 2.73. The molecule has 0 bridgehead atoms. The number of methoxy groups -OCH3 is 1. The highest BCUT2D eigenvalue weighted by atomic mass is 32.2. The highest BCUT2D eigenvalue weighted by Gasteiger charge is 2.14. The van der Waals surface area contributed by atoms with E-state index in [9.17, 15) is 0 Å². The van der Waals surface area contributed by atoms with Gasteiger partial charge in [0.15, 0.2) is 0 Å². The normalized spacial score (nSPS) is 18.8. The lowest BCUT2D eigenvalue weighted by molar-refractivity contribution is 0.313. The summed E-state index contributed by atoms with van der Waals surface area (Å²) >= 11 is 2.08. The largest absolute Gasteiger partial charge is 0.497 e. The van der Waals surface area contributed by atoms with E-state index >= 15 is 0 Å². The molecule has 0 radical (unpaired) electrons. The van der Waals surface area contributed by atoms with E-state index in [4.69, 9.17) is 9.47 Å². The van der Waals surface area contributed by atoms with Crippen LogP contribution in [0.5, 0.6) is 11.5 Å². The Morgan fingerprint density at radius 3 is 2.72 bits per heavy atom. The predicted molar refractivity (Wildman–Crippen MR) is 76.8 cm³/mol. The molecule has 1 heterocycles. The van der Waals surface area contributed by atoms with E-state index in [1.54, 1.807) is 7.11 Å². The molecule has 4 heteroatoms. The fraction of sp³-hybridized carbons (Fsp3) is 0.571. The molecule has 0 aliphatic carbocycles. The maximum absolute atomic E-state index is 5.65.